The van der Waals surface area contributed by atoms with Crippen molar-refractivity contribution >= 4 is 11.7 Å². The number of para-hydroxylation sites is 1. The summed E-state index contributed by atoms with van der Waals surface area (Å²) >= 11 is 0. The highest BCUT2D eigenvalue weighted by Gasteiger charge is 2.16. The summed E-state index contributed by atoms with van der Waals surface area (Å²) < 4.78 is 3.27. The lowest BCUT2D eigenvalue weighted by molar-refractivity contribution is 0.101. The number of carbonyl (C=O) groups is 1. The molecule has 2 heterocycles. The van der Waals surface area contributed by atoms with Crippen molar-refractivity contribution in [3.63, 3.8) is 0 Å². The Morgan fingerprint density at radius 3 is 2.31 bits per heavy atom. The van der Waals surface area contributed by atoms with E-state index < -0.39 is 0 Å². The van der Waals surface area contributed by atoms with Gasteiger partial charge in [0.05, 0.1) is 11.4 Å². The van der Waals surface area contributed by atoms with Gasteiger partial charge in [-0.25, -0.2) is 4.68 Å². The smallest absolute Gasteiger partial charge is 0.275 e. The number of amides is 1. The maximum absolute atomic E-state index is 12.6. The van der Waals surface area contributed by atoms with E-state index in [0.717, 1.165) is 16.9 Å². The number of carbonyl (C=O) groups excluding carboxylic acids is 1. The fourth-order valence-corrected chi connectivity index (χ4v) is 2.76. The van der Waals surface area contributed by atoms with Crippen molar-refractivity contribution in [3.8, 4) is 16.9 Å². The molecular weight excluding hydrogens is 326 g/mol. The first-order valence-electron chi connectivity index (χ1n) is 8.22. The van der Waals surface area contributed by atoms with Crippen LogP contribution in [0.2, 0.25) is 0 Å². The molecule has 6 heteroatoms. The van der Waals surface area contributed by atoms with Gasteiger partial charge in [-0.3, -0.25) is 9.48 Å². The second kappa shape index (κ2) is 6.68. The molecule has 0 radical (unpaired) electrons. The molecule has 4 aromatic rings. The van der Waals surface area contributed by atoms with Crippen LogP contribution < -0.4 is 5.32 Å². The fraction of sp³-hybridized carbons (Fsp3) is 0.0500. The normalized spacial score (nSPS) is 10.7. The van der Waals surface area contributed by atoms with Gasteiger partial charge in [-0.05, 0) is 18.2 Å². The largest absolute Gasteiger partial charge is 0.305 e. The van der Waals surface area contributed by atoms with Gasteiger partial charge in [0, 0.05) is 24.9 Å². The Balaban J connectivity index is 1.76. The maximum atomic E-state index is 12.6. The van der Waals surface area contributed by atoms with Crippen molar-refractivity contribution in [1.82, 2.24) is 19.6 Å². The van der Waals surface area contributed by atoms with Crippen LogP contribution in [0, 0.1) is 0 Å². The van der Waals surface area contributed by atoms with E-state index in [9.17, 15) is 4.79 Å². The lowest BCUT2D eigenvalue weighted by Crippen LogP contribution is -2.18. The fourth-order valence-electron chi connectivity index (χ4n) is 2.76. The molecule has 4 rings (SSSR count). The molecule has 0 fully saturated rings. The van der Waals surface area contributed by atoms with Gasteiger partial charge in [-0.15, -0.1) is 0 Å². The number of benzene rings is 2. The average Bonchev–Trinajstić information content (AvgIpc) is 3.29. The second-order valence-electron chi connectivity index (χ2n) is 5.82. The van der Waals surface area contributed by atoms with Gasteiger partial charge in [-0.1, -0.05) is 48.5 Å². The molecule has 1 amide bonds. The molecule has 2 aromatic carbocycles. The Kier molecular flexibility index (Phi) is 4.07. The average molecular weight is 343 g/mol. The molecule has 0 atom stereocenters. The quantitative estimate of drug-likeness (QED) is 0.616. The van der Waals surface area contributed by atoms with Gasteiger partial charge in [0.1, 0.15) is 11.5 Å². The zero-order chi connectivity index (χ0) is 17.9. The van der Waals surface area contributed by atoms with E-state index in [1.165, 1.54) is 4.68 Å². The van der Waals surface area contributed by atoms with Crippen LogP contribution in [0.4, 0.5) is 5.82 Å². The number of hydrogen-bond acceptors (Lipinski definition) is 3. The molecule has 26 heavy (non-hydrogen) atoms. The van der Waals surface area contributed by atoms with E-state index in [1.54, 1.807) is 24.0 Å². The van der Waals surface area contributed by atoms with Crippen LogP contribution in [0.5, 0.6) is 0 Å². The van der Waals surface area contributed by atoms with Gasteiger partial charge in [0.2, 0.25) is 0 Å². The molecule has 0 aliphatic rings. The van der Waals surface area contributed by atoms with Crippen LogP contribution in [-0.4, -0.2) is 25.5 Å². The highest BCUT2D eigenvalue weighted by molar-refractivity contribution is 6.03. The summed E-state index contributed by atoms with van der Waals surface area (Å²) in [5.74, 6) is 0.364. The lowest BCUT2D eigenvalue weighted by Gasteiger charge is -2.08. The summed E-state index contributed by atoms with van der Waals surface area (Å²) in [4.78, 5) is 12.6. The van der Waals surface area contributed by atoms with E-state index in [4.69, 9.17) is 0 Å². The maximum Gasteiger partial charge on any atom is 0.275 e. The van der Waals surface area contributed by atoms with E-state index in [2.05, 4.69) is 15.5 Å². The monoisotopic (exact) mass is 343 g/mol. The third kappa shape index (κ3) is 3.00. The van der Waals surface area contributed by atoms with Crippen LogP contribution in [0.3, 0.4) is 0 Å². The van der Waals surface area contributed by atoms with Crippen LogP contribution in [-0.2, 0) is 7.05 Å². The zero-order valence-electron chi connectivity index (χ0n) is 14.2. The molecule has 0 bridgehead atoms. The van der Waals surface area contributed by atoms with Gasteiger partial charge >= 0.3 is 0 Å². The highest BCUT2D eigenvalue weighted by atomic mass is 16.2. The van der Waals surface area contributed by atoms with Gasteiger partial charge in [0.15, 0.2) is 0 Å². The molecule has 6 nitrogen and oxygen atoms in total. The molecule has 0 saturated carbocycles. The third-order valence-corrected chi connectivity index (χ3v) is 4.07. The van der Waals surface area contributed by atoms with Crippen LogP contribution >= 0.6 is 0 Å². The predicted octanol–water partition coefficient (Wildman–Crippen LogP) is 3.53. The molecule has 0 aliphatic carbocycles. The summed E-state index contributed by atoms with van der Waals surface area (Å²) in [6.07, 6.45) is 1.60. The summed E-state index contributed by atoms with van der Waals surface area (Å²) in [5, 5.41) is 11.7. The molecule has 128 valence electrons. The Labute approximate surface area is 150 Å². The summed E-state index contributed by atoms with van der Waals surface area (Å²) in [7, 11) is 1.73. The number of rotatable bonds is 4. The minimum absolute atomic E-state index is 0.235. The van der Waals surface area contributed by atoms with Gasteiger partial charge in [0.25, 0.3) is 5.91 Å². The summed E-state index contributed by atoms with van der Waals surface area (Å²) in [5.41, 5.74) is 3.12. The van der Waals surface area contributed by atoms with Crippen molar-refractivity contribution < 1.29 is 4.79 Å². The Bertz CT molecular complexity index is 1030. The van der Waals surface area contributed by atoms with Crippen molar-refractivity contribution in [3.05, 3.63) is 84.7 Å². The third-order valence-electron chi connectivity index (χ3n) is 4.07. The second-order valence-corrected chi connectivity index (χ2v) is 5.82. The van der Waals surface area contributed by atoms with Crippen LogP contribution in [0.25, 0.3) is 16.9 Å². The predicted molar refractivity (Wildman–Crippen MR) is 100 cm³/mol. The number of nitrogens with zero attached hydrogens (tertiary/aromatic N) is 4. The molecule has 0 saturated heterocycles. The van der Waals surface area contributed by atoms with Gasteiger partial charge < -0.3 is 5.32 Å². The highest BCUT2D eigenvalue weighted by Crippen LogP contribution is 2.25. The molecule has 1 N–H and O–H groups in total. The Hall–Kier alpha value is -3.67. The van der Waals surface area contributed by atoms with Crippen molar-refractivity contribution in [1.29, 1.82) is 0 Å². The minimum atomic E-state index is -0.235. The van der Waals surface area contributed by atoms with Crippen molar-refractivity contribution in [2.75, 3.05) is 5.32 Å². The number of anilines is 1. The summed E-state index contributed by atoms with van der Waals surface area (Å²) in [6.45, 7) is 0. The van der Waals surface area contributed by atoms with E-state index in [1.807, 2.05) is 66.7 Å². The van der Waals surface area contributed by atoms with E-state index >= 15 is 0 Å². The van der Waals surface area contributed by atoms with Crippen LogP contribution in [0.1, 0.15) is 10.5 Å². The number of hydrogen-bond donors (Lipinski definition) is 1. The number of nitrogens with one attached hydrogen (secondary N) is 1. The van der Waals surface area contributed by atoms with Crippen molar-refractivity contribution in [2.45, 2.75) is 0 Å². The van der Waals surface area contributed by atoms with Gasteiger partial charge in [-0.2, -0.15) is 10.2 Å². The van der Waals surface area contributed by atoms with E-state index in [-0.39, 0.29) is 5.91 Å². The number of aryl methyl sites for hydroxylation is 1. The molecule has 0 spiro atoms. The Morgan fingerprint density at radius 2 is 1.65 bits per heavy atom. The first-order valence-corrected chi connectivity index (χ1v) is 8.22. The molecule has 2 aromatic heterocycles. The molecular formula is C20H17N5O. The Morgan fingerprint density at radius 1 is 0.962 bits per heavy atom. The van der Waals surface area contributed by atoms with Crippen LogP contribution in [0.15, 0.2) is 79.0 Å². The molecule has 0 aliphatic heterocycles. The number of aromatic nitrogens is 4. The van der Waals surface area contributed by atoms with Crippen molar-refractivity contribution in [2.24, 2.45) is 7.05 Å². The minimum Gasteiger partial charge on any atom is -0.305 e. The zero-order valence-corrected chi connectivity index (χ0v) is 14.2. The first-order chi connectivity index (χ1) is 12.7. The van der Waals surface area contributed by atoms with E-state index in [0.29, 0.717) is 11.5 Å². The lowest BCUT2D eigenvalue weighted by atomic mass is 10.1. The summed E-state index contributed by atoms with van der Waals surface area (Å²) in [6, 6.07) is 23.1. The SMILES string of the molecule is Cn1nccc1C(=O)Nc1cc(-c2ccccc2)nn1-c1ccccc1. The molecule has 0 unspecified atom stereocenters. The standard InChI is InChI=1S/C20H17N5O/c1-24-18(12-13-21-24)20(26)22-19-14-17(15-8-4-2-5-9-15)23-25(19)16-10-6-3-7-11-16/h2-14H,1H3,(H,22,26). The topological polar surface area (TPSA) is 64.7 Å². The first kappa shape index (κ1) is 15.8.